The Labute approximate surface area is 137 Å². The minimum absolute atomic E-state index is 0.00586. The third kappa shape index (κ3) is 4.63. The molecule has 4 N–H and O–H groups in total. The monoisotopic (exact) mass is 334 g/mol. The molecule has 2 rings (SSSR count). The molecule has 0 aliphatic heterocycles. The van der Waals surface area contributed by atoms with Gasteiger partial charge in [0.15, 0.2) is 0 Å². The maximum absolute atomic E-state index is 11.6. The lowest BCUT2D eigenvalue weighted by molar-refractivity contribution is -0.118. The van der Waals surface area contributed by atoms with E-state index in [-0.39, 0.29) is 18.4 Å². The van der Waals surface area contributed by atoms with E-state index in [4.69, 9.17) is 10.5 Å². The summed E-state index contributed by atoms with van der Waals surface area (Å²) in [7, 11) is 0. The standard InChI is InChI=1S/C13H18N8O3/c1-3-15-11-17-12(16-4-2)19-13(18-11)24-9-5-6-10(23)21(20-9)7-8(14)22/h5-6H,3-4,7H2,1-2H3,(H2,14,22)(H2,15,16,17,18,19). The Morgan fingerprint density at radius 3 is 2.33 bits per heavy atom. The summed E-state index contributed by atoms with van der Waals surface area (Å²) in [6.07, 6.45) is 0. The van der Waals surface area contributed by atoms with Gasteiger partial charge >= 0.3 is 6.01 Å². The van der Waals surface area contributed by atoms with Gasteiger partial charge in [0.05, 0.1) is 0 Å². The van der Waals surface area contributed by atoms with E-state index in [1.165, 1.54) is 12.1 Å². The van der Waals surface area contributed by atoms with Crippen LogP contribution in [0.15, 0.2) is 16.9 Å². The third-order valence-electron chi connectivity index (χ3n) is 2.63. The molecular formula is C13H18N8O3. The number of ether oxygens (including phenoxy) is 1. The van der Waals surface area contributed by atoms with Gasteiger partial charge in [-0.1, -0.05) is 0 Å². The Bertz CT molecular complexity index is 752. The van der Waals surface area contributed by atoms with Gasteiger partial charge in [0, 0.05) is 25.2 Å². The second-order valence-corrected chi connectivity index (χ2v) is 4.56. The van der Waals surface area contributed by atoms with Crippen molar-refractivity contribution in [3.05, 3.63) is 22.5 Å². The topological polar surface area (TPSA) is 150 Å². The molecule has 0 aliphatic rings. The Hall–Kier alpha value is -3.24. The first-order chi connectivity index (χ1) is 11.5. The van der Waals surface area contributed by atoms with Gasteiger partial charge in [0.2, 0.25) is 23.7 Å². The van der Waals surface area contributed by atoms with E-state index < -0.39 is 11.5 Å². The first-order valence-corrected chi connectivity index (χ1v) is 7.30. The Kier molecular flexibility index (Phi) is 5.60. The Morgan fingerprint density at radius 1 is 1.17 bits per heavy atom. The Morgan fingerprint density at radius 2 is 1.79 bits per heavy atom. The average molecular weight is 334 g/mol. The molecule has 0 unspecified atom stereocenters. The lowest BCUT2D eigenvalue weighted by Gasteiger charge is -2.09. The number of aromatic nitrogens is 5. The van der Waals surface area contributed by atoms with Gasteiger partial charge in [-0.25, -0.2) is 4.68 Å². The number of carbonyl (C=O) groups excluding carboxylic acids is 1. The molecule has 0 atom stereocenters. The summed E-state index contributed by atoms with van der Waals surface area (Å²) in [5.74, 6) is 0.0329. The second kappa shape index (κ2) is 7.85. The van der Waals surface area contributed by atoms with Gasteiger partial charge < -0.3 is 21.1 Å². The van der Waals surface area contributed by atoms with E-state index in [9.17, 15) is 9.59 Å². The summed E-state index contributed by atoms with van der Waals surface area (Å²) in [6.45, 7) is 4.70. The SMILES string of the molecule is CCNc1nc(NCC)nc(Oc2ccc(=O)n(CC(N)=O)n2)n1. The highest BCUT2D eigenvalue weighted by atomic mass is 16.5. The summed E-state index contributed by atoms with van der Waals surface area (Å²) in [4.78, 5) is 34.9. The molecule has 0 aliphatic carbocycles. The fourth-order valence-corrected chi connectivity index (χ4v) is 1.72. The van der Waals surface area contributed by atoms with Gasteiger partial charge in [-0.2, -0.15) is 15.0 Å². The number of nitrogens with one attached hydrogen (secondary N) is 2. The molecule has 2 heterocycles. The largest absolute Gasteiger partial charge is 0.403 e. The molecule has 0 radical (unpaired) electrons. The van der Waals surface area contributed by atoms with Crippen molar-refractivity contribution in [2.75, 3.05) is 23.7 Å². The van der Waals surface area contributed by atoms with E-state index in [2.05, 4.69) is 30.7 Å². The van der Waals surface area contributed by atoms with Gasteiger partial charge in [0.25, 0.3) is 5.56 Å². The third-order valence-corrected chi connectivity index (χ3v) is 2.63. The number of nitrogens with zero attached hydrogens (tertiary/aromatic N) is 5. The van der Waals surface area contributed by atoms with E-state index in [1.54, 1.807) is 0 Å². The van der Waals surface area contributed by atoms with Gasteiger partial charge in [0.1, 0.15) is 6.54 Å². The molecule has 0 saturated heterocycles. The normalized spacial score (nSPS) is 10.2. The van der Waals surface area contributed by atoms with Crippen molar-refractivity contribution in [1.82, 2.24) is 24.7 Å². The first-order valence-electron chi connectivity index (χ1n) is 7.30. The molecule has 0 bridgehead atoms. The van der Waals surface area contributed by atoms with Crippen LogP contribution in [-0.4, -0.2) is 43.7 Å². The molecule has 24 heavy (non-hydrogen) atoms. The molecule has 2 aromatic rings. The number of hydrogen-bond acceptors (Lipinski definition) is 9. The number of rotatable bonds is 8. The number of amides is 1. The van der Waals surface area contributed by atoms with Crippen LogP contribution >= 0.6 is 0 Å². The lowest BCUT2D eigenvalue weighted by Crippen LogP contribution is -2.29. The number of hydrogen-bond donors (Lipinski definition) is 3. The van der Waals surface area contributed by atoms with Crippen LogP contribution in [0, 0.1) is 0 Å². The average Bonchev–Trinajstić information content (AvgIpc) is 2.51. The second-order valence-electron chi connectivity index (χ2n) is 4.56. The summed E-state index contributed by atoms with van der Waals surface area (Å²) in [5, 5.41) is 9.82. The van der Waals surface area contributed by atoms with Crippen molar-refractivity contribution in [3.63, 3.8) is 0 Å². The molecule has 1 amide bonds. The van der Waals surface area contributed by atoms with Crippen molar-refractivity contribution in [3.8, 4) is 11.9 Å². The molecule has 11 heteroatoms. The van der Waals surface area contributed by atoms with E-state index >= 15 is 0 Å². The number of anilines is 2. The minimum atomic E-state index is -0.689. The van der Waals surface area contributed by atoms with Crippen LogP contribution in [0.5, 0.6) is 11.9 Å². The van der Waals surface area contributed by atoms with Crippen molar-refractivity contribution >= 4 is 17.8 Å². The first kappa shape index (κ1) is 17.1. The highest BCUT2D eigenvalue weighted by molar-refractivity contribution is 5.73. The molecule has 11 nitrogen and oxygen atoms in total. The number of carbonyl (C=O) groups is 1. The molecule has 128 valence electrons. The number of primary amides is 1. The summed E-state index contributed by atoms with van der Waals surface area (Å²) in [6, 6.07) is 2.56. The lowest BCUT2D eigenvalue weighted by atomic mass is 10.5. The van der Waals surface area contributed by atoms with Crippen LogP contribution in [0.4, 0.5) is 11.9 Å². The minimum Gasteiger partial charge on any atom is -0.403 e. The molecular weight excluding hydrogens is 316 g/mol. The Balaban J connectivity index is 2.29. The molecule has 0 saturated carbocycles. The van der Waals surface area contributed by atoms with Crippen molar-refractivity contribution in [2.45, 2.75) is 20.4 Å². The van der Waals surface area contributed by atoms with Gasteiger partial charge in [-0.05, 0) is 13.8 Å². The maximum Gasteiger partial charge on any atom is 0.330 e. The highest BCUT2D eigenvalue weighted by Crippen LogP contribution is 2.16. The van der Waals surface area contributed by atoms with Crippen LogP contribution in [0.1, 0.15) is 13.8 Å². The smallest absolute Gasteiger partial charge is 0.330 e. The van der Waals surface area contributed by atoms with Crippen molar-refractivity contribution in [2.24, 2.45) is 5.73 Å². The predicted octanol–water partition coefficient (Wildman–Crippen LogP) is -0.430. The molecule has 0 spiro atoms. The fraction of sp³-hybridized carbons (Fsp3) is 0.385. The zero-order valence-electron chi connectivity index (χ0n) is 13.3. The predicted molar refractivity (Wildman–Crippen MR) is 85.9 cm³/mol. The van der Waals surface area contributed by atoms with Crippen LogP contribution in [-0.2, 0) is 11.3 Å². The van der Waals surface area contributed by atoms with Crippen LogP contribution in [0.25, 0.3) is 0 Å². The van der Waals surface area contributed by atoms with Gasteiger partial charge in [-0.3, -0.25) is 9.59 Å². The van der Waals surface area contributed by atoms with Crippen molar-refractivity contribution in [1.29, 1.82) is 0 Å². The molecule has 0 aromatic carbocycles. The quantitative estimate of drug-likeness (QED) is 0.584. The van der Waals surface area contributed by atoms with E-state index in [0.29, 0.717) is 25.0 Å². The fourth-order valence-electron chi connectivity index (χ4n) is 1.72. The number of nitrogens with two attached hydrogens (primary N) is 1. The highest BCUT2D eigenvalue weighted by Gasteiger charge is 2.10. The zero-order valence-corrected chi connectivity index (χ0v) is 13.3. The summed E-state index contributed by atoms with van der Waals surface area (Å²) < 4.78 is 6.36. The summed E-state index contributed by atoms with van der Waals surface area (Å²) >= 11 is 0. The summed E-state index contributed by atoms with van der Waals surface area (Å²) in [5.41, 5.74) is 4.60. The maximum atomic E-state index is 11.6. The molecule has 0 fully saturated rings. The van der Waals surface area contributed by atoms with Crippen LogP contribution in [0.3, 0.4) is 0 Å². The van der Waals surface area contributed by atoms with Crippen molar-refractivity contribution < 1.29 is 9.53 Å². The van der Waals surface area contributed by atoms with E-state index in [1.807, 2.05) is 13.8 Å². The zero-order chi connectivity index (χ0) is 17.5. The van der Waals surface area contributed by atoms with E-state index in [0.717, 1.165) is 4.68 Å². The molecule has 2 aromatic heterocycles. The van der Waals surface area contributed by atoms with Crippen LogP contribution in [0.2, 0.25) is 0 Å². The van der Waals surface area contributed by atoms with Gasteiger partial charge in [-0.15, -0.1) is 5.10 Å². The van der Waals surface area contributed by atoms with Crippen LogP contribution < -0.4 is 26.7 Å².